The molecular weight excluding hydrogens is 376 g/mol. The summed E-state index contributed by atoms with van der Waals surface area (Å²) < 4.78 is 31.3. The van der Waals surface area contributed by atoms with Crippen LogP contribution in [-0.4, -0.2) is 57.2 Å². The number of amides is 1. The largest absolute Gasteiger partial charge is 0.379 e. The van der Waals surface area contributed by atoms with Crippen LogP contribution in [0.2, 0.25) is 5.02 Å². The molecule has 1 saturated heterocycles. The van der Waals surface area contributed by atoms with Crippen LogP contribution in [0.15, 0.2) is 24.3 Å². The van der Waals surface area contributed by atoms with Crippen LogP contribution in [0.1, 0.15) is 32.3 Å². The Kier molecular flexibility index (Phi) is 7.46. The Morgan fingerprint density at radius 1 is 1.19 bits per heavy atom. The first kappa shape index (κ1) is 21.2. The molecule has 0 bridgehead atoms. The predicted molar refractivity (Wildman–Crippen MR) is 103 cm³/mol. The molecule has 0 saturated carbocycles. The van der Waals surface area contributed by atoms with E-state index in [4.69, 9.17) is 16.3 Å². The smallest absolute Gasteiger partial charge is 0.230 e. The average Bonchev–Trinajstić information content (AvgIpc) is 2.65. The van der Waals surface area contributed by atoms with Crippen LogP contribution in [0.5, 0.6) is 0 Å². The molecule has 1 aromatic rings. The summed E-state index contributed by atoms with van der Waals surface area (Å²) in [5, 5.41) is 3.44. The summed E-state index contributed by atoms with van der Waals surface area (Å²) in [4.78, 5) is 12.9. The van der Waals surface area contributed by atoms with Crippen molar-refractivity contribution in [2.24, 2.45) is 0 Å². The second kappa shape index (κ2) is 9.17. The van der Waals surface area contributed by atoms with E-state index >= 15 is 0 Å². The molecule has 26 heavy (non-hydrogen) atoms. The van der Waals surface area contributed by atoms with Crippen molar-refractivity contribution in [2.45, 2.75) is 32.1 Å². The molecule has 1 aromatic carbocycles. The molecule has 1 fully saturated rings. The molecule has 0 aliphatic carbocycles. The number of ether oxygens (including phenoxy) is 1. The van der Waals surface area contributed by atoms with Gasteiger partial charge in [-0.1, -0.05) is 37.6 Å². The number of nitrogens with one attached hydrogen (secondary N) is 1. The zero-order valence-corrected chi connectivity index (χ0v) is 16.9. The summed E-state index contributed by atoms with van der Waals surface area (Å²) >= 11 is 5.95. The molecule has 1 aliphatic rings. The van der Waals surface area contributed by atoms with Gasteiger partial charge in [0.15, 0.2) is 0 Å². The minimum atomic E-state index is -3.39. The van der Waals surface area contributed by atoms with Crippen LogP contribution in [0.4, 0.5) is 0 Å². The number of halogens is 1. The Labute approximate surface area is 160 Å². The maximum absolute atomic E-state index is 12.9. The zero-order chi connectivity index (χ0) is 19.2. The minimum Gasteiger partial charge on any atom is -0.379 e. The maximum Gasteiger partial charge on any atom is 0.230 e. The molecule has 1 N–H and O–H groups in total. The summed E-state index contributed by atoms with van der Waals surface area (Å²) in [6, 6.07) is 7.26. The number of hydrogen-bond acceptors (Lipinski definition) is 4. The lowest BCUT2D eigenvalue weighted by molar-refractivity contribution is -0.127. The van der Waals surface area contributed by atoms with E-state index in [1.54, 1.807) is 12.1 Å². The number of hydrogen-bond donors (Lipinski definition) is 1. The number of rotatable bonds is 8. The van der Waals surface area contributed by atoms with Crippen molar-refractivity contribution >= 4 is 27.5 Å². The number of sulfonamides is 1. The monoisotopic (exact) mass is 402 g/mol. The number of benzene rings is 1. The highest BCUT2D eigenvalue weighted by molar-refractivity contribution is 7.89. The van der Waals surface area contributed by atoms with E-state index in [9.17, 15) is 13.2 Å². The van der Waals surface area contributed by atoms with Gasteiger partial charge in [-0.05, 0) is 30.5 Å². The first-order valence-electron chi connectivity index (χ1n) is 8.95. The van der Waals surface area contributed by atoms with Gasteiger partial charge in [-0.2, -0.15) is 4.31 Å². The van der Waals surface area contributed by atoms with Crippen molar-refractivity contribution < 1.29 is 17.9 Å². The Balaban J connectivity index is 2.02. The van der Waals surface area contributed by atoms with E-state index in [1.807, 2.05) is 26.0 Å². The molecular formula is C18H27ClN2O4S. The number of carbonyl (C=O) groups excluding carboxylic acids is 1. The SMILES string of the molecule is CCC(CC)(C(=O)NCCS(=O)(=O)N1CCOCC1)c1ccc(Cl)cc1. The molecule has 146 valence electrons. The lowest BCUT2D eigenvalue weighted by Gasteiger charge is -2.31. The second-order valence-electron chi connectivity index (χ2n) is 6.38. The van der Waals surface area contributed by atoms with Gasteiger partial charge in [0.25, 0.3) is 0 Å². The van der Waals surface area contributed by atoms with Gasteiger partial charge in [0, 0.05) is 24.7 Å². The van der Waals surface area contributed by atoms with E-state index in [0.29, 0.717) is 44.2 Å². The highest BCUT2D eigenvalue weighted by Crippen LogP contribution is 2.32. The zero-order valence-electron chi connectivity index (χ0n) is 15.3. The molecule has 8 heteroatoms. The van der Waals surface area contributed by atoms with E-state index < -0.39 is 15.4 Å². The van der Waals surface area contributed by atoms with Gasteiger partial charge >= 0.3 is 0 Å². The molecule has 0 aromatic heterocycles. The maximum atomic E-state index is 12.9. The molecule has 1 aliphatic heterocycles. The van der Waals surface area contributed by atoms with Crippen LogP contribution in [0.3, 0.4) is 0 Å². The minimum absolute atomic E-state index is 0.0911. The normalized spacial score (nSPS) is 16.4. The highest BCUT2D eigenvalue weighted by atomic mass is 35.5. The first-order valence-corrected chi connectivity index (χ1v) is 10.9. The molecule has 0 spiro atoms. The van der Waals surface area contributed by atoms with Crippen molar-refractivity contribution in [1.82, 2.24) is 9.62 Å². The van der Waals surface area contributed by atoms with Gasteiger partial charge in [0.05, 0.1) is 24.4 Å². The Hall–Kier alpha value is -1.15. The van der Waals surface area contributed by atoms with Gasteiger partial charge in [-0.25, -0.2) is 8.42 Å². The third-order valence-electron chi connectivity index (χ3n) is 5.05. The standard InChI is InChI=1S/C18H27ClN2O4S/c1-3-18(4-2,15-5-7-16(19)8-6-15)17(22)20-9-14-26(23,24)21-10-12-25-13-11-21/h5-8H,3-4,9-14H2,1-2H3,(H,20,22). The number of carbonyl (C=O) groups is 1. The van der Waals surface area contributed by atoms with Crippen molar-refractivity contribution in [3.63, 3.8) is 0 Å². The molecule has 0 radical (unpaired) electrons. The lowest BCUT2D eigenvalue weighted by atomic mass is 9.75. The topological polar surface area (TPSA) is 75.7 Å². The van der Waals surface area contributed by atoms with E-state index in [-0.39, 0.29) is 18.2 Å². The van der Waals surface area contributed by atoms with Crippen LogP contribution in [-0.2, 0) is 25.0 Å². The quantitative estimate of drug-likeness (QED) is 0.723. The van der Waals surface area contributed by atoms with Gasteiger partial charge in [0.2, 0.25) is 15.9 Å². The molecule has 1 heterocycles. The summed E-state index contributed by atoms with van der Waals surface area (Å²) in [5.74, 6) is -0.259. The van der Waals surface area contributed by atoms with Crippen LogP contribution in [0, 0.1) is 0 Å². The van der Waals surface area contributed by atoms with E-state index in [0.717, 1.165) is 5.56 Å². The molecule has 0 atom stereocenters. The van der Waals surface area contributed by atoms with Crippen LogP contribution in [0.25, 0.3) is 0 Å². The summed E-state index contributed by atoms with van der Waals surface area (Å²) in [6.45, 7) is 5.58. The first-order chi connectivity index (χ1) is 12.4. The van der Waals surface area contributed by atoms with Crippen molar-refractivity contribution in [2.75, 3.05) is 38.6 Å². The molecule has 6 nitrogen and oxygen atoms in total. The number of nitrogens with zero attached hydrogens (tertiary/aromatic N) is 1. The van der Waals surface area contributed by atoms with Crippen LogP contribution < -0.4 is 5.32 Å². The van der Waals surface area contributed by atoms with Crippen molar-refractivity contribution in [3.8, 4) is 0 Å². The third kappa shape index (κ3) is 4.76. The summed E-state index contributed by atoms with van der Waals surface area (Å²) in [5.41, 5.74) is 0.202. The van der Waals surface area contributed by atoms with Crippen LogP contribution >= 0.6 is 11.6 Å². The van der Waals surface area contributed by atoms with E-state index in [2.05, 4.69) is 5.32 Å². The molecule has 0 unspecified atom stereocenters. The second-order valence-corrected chi connectivity index (χ2v) is 8.90. The Bertz CT molecular complexity index is 696. The predicted octanol–water partition coefficient (Wildman–Crippen LogP) is 2.18. The summed E-state index contributed by atoms with van der Waals surface area (Å²) in [6.07, 6.45) is 1.24. The fraction of sp³-hybridized carbons (Fsp3) is 0.611. The fourth-order valence-electron chi connectivity index (χ4n) is 3.30. The Morgan fingerprint density at radius 3 is 2.31 bits per heavy atom. The van der Waals surface area contributed by atoms with Gasteiger partial charge < -0.3 is 10.1 Å². The van der Waals surface area contributed by atoms with E-state index in [1.165, 1.54) is 4.31 Å². The summed E-state index contributed by atoms with van der Waals surface area (Å²) in [7, 11) is -3.39. The average molecular weight is 403 g/mol. The fourth-order valence-corrected chi connectivity index (χ4v) is 4.75. The number of morpholine rings is 1. The van der Waals surface area contributed by atoms with Crippen molar-refractivity contribution in [1.29, 1.82) is 0 Å². The third-order valence-corrected chi connectivity index (χ3v) is 7.17. The van der Waals surface area contributed by atoms with Gasteiger partial charge in [-0.15, -0.1) is 0 Å². The van der Waals surface area contributed by atoms with Gasteiger partial charge in [-0.3, -0.25) is 4.79 Å². The van der Waals surface area contributed by atoms with Crippen molar-refractivity contribution in [3.05, 3.63) is 34.9 Å². The Morgan fingerprint density at radius 2 is 1.77 bits per heavy atom. The highest BCUT2D eigenvalue weighted by Gasteiger charge is 2.36. The lowest BCUT2D eigenvalue weighted by Crippen LogP contribution is -2.47. The molecule has 2 rings (SSSR count). The molecule has 1 amide bonds. The van der Waals surface area contributed by atoms with Gasteiger partial charge in [0.1, 0.15) is 0 Å².